The van der Waals surface area contributed by atoms with Gasteiger partial charge in [-0.3, -0.25) is 4.40 Å². The molecule has 0 spiro atoms. The van der Waals surface area contributed by atoms with Gasteiger partial charge in [0, 0.05) is 32.4 Å². The Kier molecular flexibility index (Phi) is 3.25. The first kappa shape index (κ1) is 12.2. The molecule has 1 N–H and O–H groups in total. The van der Waals surface area contributed by atoms with Crippen LogP contribution in [0.25, 0.3) is 5.65 Å². The van der Waals surface area contributed by atoms with Crippen molar-refractivity contribution in [2.24, 2.45) is 0 Å². The number of hydrogen-bond donors (Lipinski definition) is 1. The van der Waals surface area contributed by atoms with E-state index in [1.807, 2.05) is 17.6 Å². The minimum atomic E-state index is 0.469. The van der Waals surface area contributed by atoms with Gasteiger partial charge in [0.15, 0.2) is 0 Å². The van der Waals surface area contributed by atoms with Crippen molar-refractivity contribution in [2.45, 2.75) is 18.8 Å². The van der Waals surface area contributed by atoms with E-state index in [2.05, 4.69) is 21.5 Å². The van der Waals surface area contributed by atoms with Crippen LogP contribution in [0.1, 0.15) is 24.5 Å². The lowest BCUT2D eigenvalue weighted by Gasteiger charge is -2.19. The van der Waals surface area contributed by atoms with Gasteiger partial charge in [0.2, 0.25) is 5.65 Å². The van der Waals surface area contributed by atoms with Crippen molar-refractivity contribution < 1.29 is 9.47 Å². The Hall–Kier alpha value is -1.82. The predicted octanol–water partition coefficient (Wildman–Crippen LogP) is 1.67. The number of imidazole rings is 1. The predicted molar refractivity (Wildman–Crippen MR) is 71.9 cm³/mol. The van der Waals surface area contributed by atoms with E-state index < -0.39 is 0 Å². The minimum Gasteiger partial charge on any atom is -0.478 e. The van der Waals surface area contributed by atoms with E-state index in [9.17, 15) is 0 Å². The van der Waals surface area contributed by atoms with E-state index in [0.29, 0.717) is 11.8 Å². The van der Waals surface area contributed by atoms with Crippen molar-refractivity contribution in [3.63, 3.8) is 0 Å². The molecule has 0 aromatic carbocycles. The van der Waals surface area contributed by atoms with E-state index in [0.717, 1.165) is 43.2 Å². The van der Waals surface area contributed by atoms with Crippen LogP contribution in [0.2, 0.25) is 0 Å². The summed E-state index contributed by atoms with van der Waals surface area (Å²) in [5.74, 6) is 1.78. The fourth-order valence-electron chi connectivity index (χ4n) is 2.44. The highest BCUT2D eigenvalue weighted by Crippen LogP contribution is 2.28. The summed E-state index contributed by atoms with van der Waals surface area (Å²) in [6, 6.07) is 0. The molecule has 6 nitrogen and oxygen atoms in total. The number of fused-ring (bicyclic) bond motifs is 1. The molecule has 0 amide bonds. The third-order valence-corrected chi connectivity index (χ3v) is 3.51. The summed E-state index contributed by atoms with van der Waals surface area (Å²) in [5.41, 5.74) is 1.86. The molecule has 2 aromatic rings. The Morgan fingerprint density at radius 2 is 2.11 bits per heavy atom. The van der Waals surface area contributed by atoms with Crippen LogP contribution < -0.4 is 10.1 Å². The van der Waals surface area contributed by atoms with E-state index >= 15 is 0 Å². The first-order valence-corrected chi connectivity index (χ1v) is 6.51. The van der Waals surface area contributed by atoms with Gasteiger partial charge in [-0.1, -0.05) is 0 Å². The minimum absolute atomic E-state index is 0.469. The van der Waals surface area contributed by atoms with Crippen molar-refractivity contribution in [1.82, 2.24) is 14.4 Å². The Labute approximate surface area is 111 Å². The number of rotatable bonds is 3. The molecule has 3 heterocycles. The van der Waals surface area contributed by atoms with E-state index in [-0.39, 0.29) is 0 Å². The second-order valence-corrected chi connectivity index (χ2v) is 4.67. The summed E-state index contributed by atoms with van der Waals surface area (Å²) in [7, 11) is 3.45. The van der Waals surface area contributed by atoms with Crippen LogP contribution in [-0.2, 0) is 4.74 Å². The first-order chi connectivity index (χ1) is 9.31. The van der Waals surface area contributed by atoms with Gasteiger partial charge in [-0.2, -0.15) is 4.98 Å². The zero-order valence-electron chi connectivity index (χ0n) is 11.2. The molecule has 0 unspecified atom stereocenters. The maximum absolute atomic E-state index is 5.40. The topological polar surface area (TPSA) is 60.7 Å². The number of methoxy groups -OCH3 is 1. The first-order valence-electron chi connectivity index (χ1n) is 6.51. The van der Waals surface area contributed by atoms with Gasteiger partial charge >= 0.3 is 0 Å². The Morgan fingerprint density at radius 3 is 2.79 bits per heavy atom. The highest BCUT2D eigenvalue weighted by molar-refractivity contribution is 5.54. The molecule has 1 aliphatic heterocycles. The second-order valence-electron chi connectivity index (χ2n) is 4.67. The Bertz CT molecular complexity index is 575. The normalized spacial score (nSPS) is 16.7. The molecule has 0 saturated carbocycles. The molecule has 19 heavy (non-hydrogen) atoms. The largest absolute Gasteiger partial charge is 0.478 e. The van der Waals surface area contributed by atoms with Crippen molar-refractivity contribution in [3.05, 3.63) is 18.1 Å². The number of hydrogen-bond acceptors (Lipinski definition) is 5. The lowest BCUT2D eigenvalue weighted by molar-refractivity contribution is 0.0846. The average molecular weight is 262 g/mol. The highest BCUT2D eigenvalue weighted by Gasteiger charge is 2.20. The molecule has 0 bridgehead atoms. The van der Waals surface area contributed by atoms with Crippen LogP contribution in [0.15, 0.2) is 12.4 Å². The van der Waals surface area contributed by atoms with Gasteiger partial charge in [-0.05, 0) is 12.8 Å². The molecule has 1 aliphatic rings. The molecular weight excluding hydrogens is 244 g/mol. The van der Waals surface area contributed by atoms with Gasteiger partial charge in [-0.25, -0.2) is 4.98 Å². The monoisotopic (exact) mass is 262 g/mol. The molecule has 0 atom stereocenters. The van der Waals surface area contributed by atoms with Crippen molar-refractivity contribution in [3.8, 4) is 5.88 Å². The van der Waals surface area contributed by atoms with Crippen molar-refractivity contribution in [2.75, 3.05) is 32.7 Å². The summed E-state index contributed by atoms with van der Waals surface area (Å²) in [6.07, 6.45) is 6.04. The quantitative estimate of drug-likeness (QED) is 0.911. The van der Waals surface area contributed by atoms with Crippen LogP contribution in [0.4, 0.5) is 5.82 Å². The van der Waals surface area contributed by atoms with Gasteiger partial charge in [0.05, 0.1) is 19.0 Å². The van der Waals surface area contributed by atoms with Gasteiger partial charge in [0.25, 0.3) is 5.88 Å². The summed E-state index contributed by atoms with van der Waals surface area (Å²) in [4.78, 5) is 9.03. The molecule has 1 fully saturated rings. The molecule has 0 radical (unpaired) electrons. The van der Waals surface area contributed by atoms with Crippen molar-refractivity contribution in [1.29, 1.82) is 0 Å². The maximum Gasteiger partial charge on any atom is 0.260 e. The van der Waals surface area contributed by atoms with E-state index in [1.54, 1.807) is 7.11 Å². The Balaban J connectivity index is 2.03. The fourth-order valence-corrected chi connectivity index (χ4v) is 2.44. The number of nitrogens with one attached hydrogen (secondary N) is 1. The van der Waals surface area contributed by atoms with Crippen LogP contribution in [0.5, 0.6) is 5.88 Å². The van der Waals surface area contributed by atoms with Crippen molar-refractivity contribution >= 4 is 11.5 Å². The molecule has 102 valence electrons. The smallest absolute Gasteiger partial charge is 0.260 e. The van der Waals surface area contributed by atoms with Crippen LogP contribution in [0, 0.1) is 0 Å². The molecule has 0 aliphatic carbocycles. The molecule has 1 saturated heterocycles. The third-order valence-electron chi connectivity index (χ3n) is 3.51. The summed E-state index contributed by atoms with van der Waals surface area (Å²) in [6.45, 7) is 1.63. The SMILES string of the molecule is CNc1cn2cc(C3CCOCC3)nc2c(OC)n1. The van der Waals surface area contributed by atoms with Crippen LogP contribution in [0.3, 0.4) is 0 Å². The van der Waals surface area contributed by atoms with E-state index in [4.69, 9.17) is 9.47 Å². The fraction of sp³-hybridized carbons (Fsp3) is 0.538. The van der Waals surface area contributed by atoms with Gasteiger partial charge < -0.3 is 14.8 Å². The zero-order valence-corrected chi connectivity index (χ0v) is 11.2. The lowest BCUT2D eigenvalue weighted by Crippen LogP contribution is -2.14. The number of ether oxygens (including phenoxy) is 2. The maximum atomic E-state index is 5.40. The summed E-state index contributed by atoms with van der Waals surface area (Å²) < 4.78 is 12.7. The average Bonchev–Trinajstić information content (AvgIpc) is 2.91. The standard InChI is InChI=1S/C13H18N4O2/c1-14-11-8-17-7-10(9-3-5-19-6-4-9)15-12(17)13(16-11)18-2/h7-9,14H,3-6H2,1-2H3. The van der Waals surface area contributed by atoms with Gasteiger partial charge in [0.1, 0.15) is 5.82 Å². The number of nitrogens with zero attached hydrogens (tertiary/aromatic N) is 3. The lowest BCUT2D eigenvalue weighted by atomic mass is 9.97. The molecule has 2 aromatic heterocycles. The second kappa shape index (κ2) is 5.05. The third kappa shape index (κ3) is 2.23. The summed E-state index contributed by atoms with van der Waals surface area (Å²) >= 11 is 0. The molecule has 3 rings (SSSR count). The van der Waals surface area contributed by atoms with Crippen LogP contribution >= 0.6 is 0 Å². The Morgan fingerprint density at radius 1 is 1.32 bits per heavy atom. The van der Waals surface area contributed by atoms with Gasteiger partial charge in [-0.15, -0.1) is 0 Å². The summed E-state index contributed by atoms with van der Waals surface area (Å²) in [5, 5.41) is 3.02. The van der Waals surface area contributed by atoms with E-state index in [1.165, 1.54) is 0 Å². The zero-order chi connectivity index (χ0) is 13.2. The molecule has 6 heteroatoms. The number of aromatic nitrogens is 3. The van der Waals surface area contributed by atoms with Crippen LogP contribution in [-0.4, -0.2) is 41.7 Å². The number of anilines is 1. The highest BCUT2D eigenvalue weighted by atomic mass is 16.5. The molecular formula is C13H18N4O2.